The molecular formula is C53H40N2. The summed E-state index contributed by atoms with van der Waals surface area (Å²) in [5.41, 5.74) is 13.5. The van der Waals surface area contributed by atoms with Crippen molar-refractivity contribution in [2.75, 3.05) is 9.80 Å². The van der Waals surface area contributed by atoms with Gasteiger partial charge in [-0.3, -0.25) is 0 Å². The van der Waals surface area contributed by atoms with Gasteiger partial charge >= 0.3 is 0 Å². The number of nitrogens with zero attached hydrogens (tertiary/aromatic N) is 2. The maximum atomic E-state index is 2.54. The van der Waals surface area contributed by atoms with Crippen LogP contribution in [0, 0.1) is 0 Å². The highest BCUT2D eigenvalue weighted by Crippen LogP contribution is 2.51. The largest absolute Gasteiger partial charge is 0.333 e. The van der Waals surface area contributed by atoms with Gasteiger partial charge in [0.2, 0.25) is 0 Å². The molecule has 1 aliphatic carbocycles. The van der Waals surface area contributed by atoms with E-state index < -0.39 is 0 Å². The van der Waals surface area contributed by atoms with Gasteiger partial charge in [0.25, 0.3) is 0 Å². The number of anilines is 5. The van der Waals surface area contributed by atoms with Gasteiger partial charge in [0.05, 0.1) is 11.7 Å². The Morgan fingerprint density at radius 1 is 0.364 bits per heavy atom. The average molecular weight is 705 g/mol. The second-order valence-corrected chi connectivity index (χ2v) is 14.5. The van der Waals surface area contributed by atoms with Crippen LogP contribution >= 0.6 is 0 Å². The molecule has 0 spiro atoms. The van der Waals surface area contributed by atoms with Crippen LogP contribution in [0.3, 0.4) is 0 Å². The van der Waals surface area contributed by atoms with Crippen molar-refractivity contribution >= 4 is 50.0 Å². The maximum absolute atomic E-state index is 2.54. The molecule has 0 aliphatic heterocycles. The average Bonchev–Trinajstić information content (AvgIpc) is 3.26. The highest BCUT2D eigenvalue weighted by molar-refractivity contribution is 6.14. The van der Waals surface area contributed by atoms with Gasteiger partial charge in [-0.25, -0.2) is 0 Å². The van der Waals surface area contributed by atoms with Crippen molar-refractivity contribution in [2.45, 2.75) is 18.9 Å². The van der Waals surface area contributed by atoms with Crippen LogP contribution in [0.2, 0.25) is 0 Å². The van der Waals surface area contributed by atoms with Crippen LogP contribution in [-0.4, -0.2) is 0 Å². The van der Waals surface area contributed by atoms with Gasteiger partial charge in [0.1, 0.15) is 0 Å². The molecule has 0 saturated heterocycles. The van der Waals surface area contributed by atoms with Crippen molar-refractivity contribution in [2.24, 2.45) is 0 Å². The quantitative estimate of drug-likeness (QED) is 0.152. The van der Waals surface area contributed by atoms with Crippen molar-refractivity contribution in [3.05, 3.63) is 223 Å². The van der Waals surface area contributed by atoms with Crippen LogP contribution < -0.4 is 9.80 Å². The number of fused-ring (bicyclic) bond motifs is 6. The minimum atomic E-state index is 0.124. The van der Waals surface area contributed by atoms with Crippen molar-refractivity contribution in [1.82, 2.24) is 0 Å². The van der Waals surface area contributed by atoms with Gasteiger partial charge in [0, 0.05) is 34.1 Å². The smallest absolute Gasteiger partial charge is 0.0663 e. The molecule has 0 bridgehead atoms. The lowest BCUT2D eigenvalue weighted by Gasteiger charge is -2.42. The lowest BCUT2D eigenvalue weighted by atomic mass is 9.75. The van der Waals surface area contributed by atoms with E-state index in [1.54, 1.807) is 0 Å². The Bertz CT molecular complexity index is 2790. The van der Waals surface area contributed by atoms with E-state index in [0.29, 0.717) is 0 Å². The predicted octanol–water partition coefficient (Wildman–Crippen LogP) is 14.8. The predicted molar refractivity (Wildman–Crippen MR) is 233 cm³/mol. The summed E-state index contributed by atoms with van der Waals surface area (Å²) in [6.45, 7) is 2.38. The summed E-state index contributed by atoms with van der Waals surface area (Å²) in [7, 11) is 0. The summed E-state index contributed by atoms with van der Waals surface area (Å²) < 4.78 is 0. The SMILES string of the molecule is CC1c2ccccc2-c2ccccc2C1N(c1ccccc1)c1ccc(-c2cccc(N(c3ccccc3)c3cc4ccccc4c4ccccc34)c2)cc1. The standard InChI is InChI=1S/C53H40N2/c1-37-45-24-10-11-26-47(45)49-28-13-15-30-51(49)53(37)55(42-21-6-3-7-22-42)43-33-31-38(32-34-43)39-18-16-23-44(35-39)54(41-19-4-2-5-20-41)52-36-40-17-8-9-25-46(40)48-27-12-14-29-50(48)52/h2-37,53H,1H3. The molecule has 262 valence electrons. The molecule has 0 aromatic heterocycles. The summed E-state index contributed by atoms with van der Waals surface area (Å²) in [5, 5.41) is 4.97. The van der Waals surface area contributed by atoms with Gasteiger partial charge in [0.15, 0.2) is 0 Å². The molecule has 0 saturated carbocycles. The second-order valence-electron chi connectivity index (χ2n) is 14.5. The van der Waals surface area contributed by atoms with E-state index >= 15 is 0 Å². The van der Waals surface area contributed by atoms with E-state index in [2.05, 4.69) is 229 Å². The fourth-order valence-electron chi connectivity index (χ4n) is 8.86. The molecule has 1 aliphatic rings. The molecule has 0 heterocycles. The number of para-hydroxylation sites is 2. The molecule has 0 N–H and O–H groups in total. The number of benzene rings is 9. The minimum Gasteiger partial charge on any atom is -0.333 e. The highest BCUT2D eigenvalue weighted by atomic mass is 15.2. The molecule has 55 heavy (non-hydrogen) atoms. The Kier molecular flexibility index (Phi) is 8.22. The van der Waals surface area contributed by atoms with Crippen LogP contribution in [0.25, 0.3) is 43.8 Å². The molecule has 0 fully saturated rings. The monoisotopic (exact) mass is 704 g/mol. The number of rotatable bonds is 7. The molecule has 2 atom stereocenters. The Hall–Kier alpha value is -6.90. The van der Waals surface area contributed by atoms with E-state index in [0.717, 1.165) is 17.1 Å². The molecule has 2 unspecified atom stereocenters. The van der Waals surface area contributed by atoms with Crippen LogP contribution in [0.5, 0.6) is 0 Å². The summed E-state index contributed by atoms with van der Waals surface area (Å²) in [5.74, 6) is 0.276. The topological polar surface area (TPSA) is 6.48 Å². The first-order valence-electron chi connectivity index (χ1n) is 19.2. The molecular weight excluding hydrogens is 665 g/mol. The molecule has 9 aromatic rings. The zero-order valence-corrected chi connectivity index (χ0v) is 30.8. The van der Waals surface area contributed by atoms with Crippen molar-refractivity contribution in [3.63, 3.8) is 0 Å². The van der Waals surface area contributed by atoms with Gasteiger partial charge in [-0.2, -0.15) is 0 Å². The molecule has 0 amide bonds. The zero-order valence-electron chi connectivity index (χ0n) is 30.8. The molecule has 0 radical (unpaired) electrons. The normalized spacial score (nSPS) is 14.6. The fourth-order valence-corrected chi connectivity index (χ4v) is 8.86. The Labute approximate surface area is 323 Å². The second kappa shape index (κ2) is 13.8. The molecule has 2 heteroatoms. The molecule has 10 rings (SSSR count). The molecule has 2 nitrogen and oxygen atoms in total. The van der Waals surface area contributed by atoms with Crippen LogP contribution in [-0.2, 0) is 0 Å². The summed E-state index contributed by atoms with van der Waals surface area (Å²) in [6, 6.07) is 77.6. The van der Waals surface area contributed by atoms with E-state index in [1.165, 1.54) is 66.3 Å². The first kappa shape index (κ1) is 32.7. The number of hydrogen-bond donors (Lipinski definition) is 0. The Morgan fingerprint density at radius 3 is 1.65 bits per heavy atom. The van der Waals surface area contributed by atoms with Crippen molar-refractivity contribution in [3.8, 4) is 22.3 Å². The Morgan fingerprint density at radius 2 is 0.909 bits per heavy atom. The minimum absolute atomic E-state index is 0.124. The lowest BCUT2D eigenvalue weighted by molar-refractivity contribution is 0.576. The van der Waals surface area contributed by atoms with E-state index in [4.69, 9.17) is 0 Å². The summed E-state index contributed by atoms with van der Waals surface area (Å²) in [6.07, 6.45) is 0. The van der Waals surface area contributed by atoms with Crippen LogP contribution in [0.4, 0.5) is 28.4 Å². The van der Waals surface area contributed by atoms with Gasteiger partial charge < -0.3 is 9.80 Å². The zero-order chi connectivity index (χ0) is 36.7. The highest BCUT2D eigenvalue weighted by Gasteiger charge is 2.35. The first-order chi connectivity index (χ1) is 27.2. The maximum Gasteiger partial charge on any atom is 0.0663 e. The summed E-state index contributed by atoms with van der Waals surface area (Å²) >= 11 is 0. The third-order valence-corrected chi connectivity index (χ3v) is 11.4. The first-order valence-corrected chi connectivity index (χ1v) is 19.2. The van der Waals surface area contributed by atoms with Gasteiger partial charge in [-0.15, -0.1) is 0 Å². The van der Waals surface area contributed by atoms with Crippen LogP contribution in [0.15, 0.2) is 212 Å². The summed E-state index contributed by atoms with van der Waals surface area (Å²) in [4.78, 5) is 4.95. The van der Waals surface area contributed by atoms with E-state index in [9.17, 15) is 0 Å². The lowest BCUT2D eigenvalue weighted by Crippen LogP contribution is -2.31. The van der Waals surface area contributed by atoms with Gasteiger partial charge in [-0.1, -0.05) is 165 Å². The van der Waals surface area contributed by atoms with Gasteiger partial charge in [-0.05, 0) is 104 Å². The Balaban J connectivity index is 1.07. The van der Waals surface area contributed by atoms with E-state index in [1.807, 2.05) is 0 Å². The van der Waals surface area contributed by atoms with Crippen molar-refractivity contribution < 1.29 is 0 Å². The number of hydrogen-bond acceptors (Lipinski definition) is 2. The van der Waals surface area contributed by atoms with Crippen LogP contribution in [0.1, 0.15) is 30.0 Å². The van der Waals surface area contributed by atoms with Crippen molar-refractivity contribution in [1.29, 1.82) is 0 Å². The third-order valence-electron chi connectivity index (χ3n) is 11.4. The fraction of sp³-hybridized carbons (Fsp3) is 0.0566. The van der Waals surface area contributed by atoms with E-state index in [-0.39, 0.29) is 12.0 Å². The third kappa shape index (κ3) is 5.75. The molecule has 9 aromatic carbocycles.